The Morgan fingerprint density at radius 3 is 2.62 bits per heavy atom. The number of fused-ring (bicyclic) bond motifs is 1. The largest absolute Gasteiger partial charge is 0.497 e. The Bertz CT molecular complexity index is 1350. The van der Waals surface area contributed by atoms with Gasteiger partial charge in [0.05, 0.1) is 24.1 Å². The SMILES string of the molecule is COc1ccc(CN2C(=O)C(=Cc3c(N4CCSCC4)nc4ccccn4c3=O)SC2=S)cc1. The van der Waals surface area contributed by atoms with Crippen molar-refractivity contribution < 1.29 is 9.53 Å². The van der Waals surface area contributed by atoms with Gasteiger partial charge in [-0.1, -0.05) is 42.2 Å². The topological polar surface area (TPSA) is 67.2 Å². The van der Waals surface area contributed by atoms with Crippen LogP contribution in [0.25, 0.3) is 11.7 Å². The van der Waals surface area contributed by atoms with E-state index in [0.717, 1.165) is 35.9 Å². The van der Waals surface area contributed by atoms with E-state index in [4.69, 9.17) is 21.9 Å². The third-order valence-corrected chi connectivity index (χ3v) is 8.03. The van der Waals surface area contributed by atoms with E-state index in [-0.39, 0.29) is 11.5 Å². The van der Waals surface area contributed by atoms with Crippen molar-refractivity contribution >= 4 is 63.5 Å². The number of thiocarbonyl (C=S) groups is 1. The fourth-order valence-corrected chi connectivity index (χ4v) is 6.05. The average molecular weight is 511 g/mol. The molecule has 2 aliphatic heterocycles. The van der Waals surface area contributed by atoms with Crippen LogP contribution in [0.2, 0.25) is 0 Å². The number of benzene rings is 1. The normalized spacial score (nSPS) is 17.7. The molecule has 0 aliphatic carbocycles. The maximum atomic E-state index is 13.5. The number of methoxy groups -OCH3 is 1. The van der Waals surface area contributed by atoms with Crippen molar-refractivity contribution in [2.75, 3.05) is 36.6 Å². The van der Waals surface area contributed by atoms with Crippen molar-refractivity contribution in [3.8, 4) is 5.75 Å². The summed E-state index contributed by atoms with van der Waals surface area (Å²) in [5.74, 6) is 3.11. The van der Waals surface area contributed by atoms with Crippen LogP contribution >= 0.6 is 35.7 Å². The van der Waals surface area contributed by atoms with Gasteiger partial charge in [0.1, 0.15) is 21.5 Å². The Morgan fingerprint density at radius 2 is 1.88 bits per heavy atom. The molecule has 0 saturated carbocycles. The first-order chi connectivity index (χ1) is 16.5. The molecular weight excluding hydrogens is 488 g/mol. The molecule has 2 saturated heterocycles. The van der Waals surface area contributed by atoms with E-state index in [9.17, 15) is 9.59 Å². The summed E-state index contributed by atoms with van der Waals surface area (Å²) in [7, 11) is 1.61. The number of hydrogen-bond acceptors (Lipinski definition) is 8. The smallest absolute Gasteiger partial charge is 0.267 e. The number of thioether (sulfide) groups is 2. The third kappa shape index (κ3) is 4.45. The molecule has 2 aromatic heterocycles. The van der Waals surface area contributed by atoms with Gasteiger partial charge in [-0.2, -0.15) is 11.8 Å². The highest BCUT2D eigenvalue weighted by atomic mass is 32.2. The summed E-state index contributed by atoms with van der Waals surface area (Å²) >= 11 is 8.62. The Balaban J connectivity index is 1.52. The van der Waals surface area contributed by atoms with Crippen molar-refractivity contribution in [1.82, 2.24) is 14.3 Å². The standard InChI is InChI=1S/C24H22N4O3S3/c1-31-17-7-5-16(6-8-17)15-28-23(30)19(34-24(28)32)14-18-21(26-10-12-33-13-11-26)25-20-4-2-3-9-27(20)22(18)29/h2-9,14H,10-13,15H2,1H3. The van der Waals surface area contributed by atoms with Crippen LogP contribution in [0.5, 0.6) is 5.75 Å². The number of anilines is 1. The van der Waals surface area contributed by atoms with Gasteiger partial charge in [0.15, 0.2) is 0 Å². The lowest BCUT2D eigenvalue weighted by Gasteiger charge is -2.28. The van der Waals surface area contributed by atoms with Crippen LogP contribution in [0.4, 0.5) is 5.82 Å². The Hall–Kier alpha value is -2.82. The number of pyridine rings is 1. The number of rotatable bonds is 5. The zero-order valence-electron chi connectivity index (χ0n) is 18.5. The van der Waals surface area contributed by atoms with Gasteiger partial charge in [-0.25, -0.2) is 4.98 Å². The monoisotopic (exact) mass is 510 g/mol. The van der Waals surface area contributed by atoms with Gasteiger partial charge in [0.2, 0.25) is 0 Å². The fraction of sp³-hybridized carbons (Fsp3) is 0.250. The molecule has 0 N–H and O–H groups in total. The first-order valence-electron chi connectivity index (χ1n) is 10.8. The predicted octanol–water partition coefficient (Wildman–Crippen LogP) is 3.66. The summed E-state index contributed by atoms with van der Waals surface area (Å²) in [6.45, 7) is 1.97. The third-order valence-electron chi connectivity index (χ3n) is 5.71. The number of hydrogen-bond donors (Lipinski definition) is 0. The van der Waals surface area contributed by atoms with Crippen molar-refractivity contribution in [3.05, 3.63) is 75.0 Å². The van der Waals surface area contributed by atoms with Crippen LogP contribution < -0.4 is 15.2 Å². The first kappa shape index (κ1) is 22.9. The van der Waals surface area contributed by atoms with Gasteiger partial charge in [-0.3, -0.25) is 18.9 Å². The zero-order chi connectivity index (χ0) is 23.7. The molecule has 0 bridgehead atoms. The molecule has 7 nitrogen and oxygen atoms in total. The Morgan fingerprint density at radius 1 is 1.12 bits per heavy atom. The van der Waals surface area contributed by atoms with Gasteiger partial charge in [0.25, 0.3) is 11.5 Å². The Kier molecular flexibility index (Phi) is 6.62. The zero-order valence-corrected chi connectivity index (χ0v) is 20.9. The molecule has 174 valence electrons. The summed E-state index contributed by atoms with van der Waals surface area (Å²) < 4.78 is 7.19. The molecule has 0 unspecified atom stereocenters. The van der Waals surface area contributed by atoms with Crippen LogP contribution in [0, 0.1) is 0 Å². The molecule has 34 heavy (non-hydrogen) atoms. The minimum Gasteiger partial charge on any atom is -0.497 e. The molecule has 0 spiro atoms. The first-order valence-corrected chi connectivity index (χ1v) is 13.2. The van der Waals surface area contributed by atoms with Crippen molar-refractivity contribution in [1.29, 1.82) is 0 Å². The van der Waals surface area contributed by atoms with Crippen molar-refractivity contribution in [3.63, 3.8) is 0 Å². The summed E-state index contributed by atoms with van der Waals surface area (Å²) in [5, 5.41) is 0. The van der Waals surface area contributed by atoms with E-state index in [2.05, 4.69) is 4.90 Å². The molecule has 2 aliphatic rings. The predicted molar refractivity (Wildman–Crippen MR) is 143 cm³/mol. The van der Waals surface area contributed by atoms with Gasteiger partial charge >= 0.3 is 0 Å². The van der Waals surface area contributed by atoms with Crippen LogP contribution in [0.15, 0.2) is 58.4 Å². The number of amides is 1. The Labute approximate surface area is 210 Å². The van der Waals surface area contributed by atoms with E-state index in [1.807, 2.05) is 48.2 Å². The van der Waals surface area contributed by atoms with Crippen molar-refractivity contribution in [2.24, 2.45) is 0 Å². The average Bonchev–Trinajstić information content (AvgIpc) is 3.14. The number of aromatic nitrogens is 2. The number of carbonyl (C=O) groups is 1. The molecule has 5 rings (SSSR count). The summed E-state index contributed by atoms with van der Waals surface area (Å²) in [4.78, 5) is 35.7. The fourth-order valence-electron chi connectivity index (χ4n) is 3.91. The molecule has 2 fully saturated rings. The lowest BCUT2D eigenvalue weighted by molar-refractivity contribution is -0.122. The molecule has 0 atom stereocenters. The minimum atomic E-state index is -0.205. The molecule has 3 aromatic rings. The summed E-state index contributed by atoms with van der Waals surface area (Å²) in [6.07, 6.45) is 3.37. The quantitative estimate of drug-likeness (QED) is 0.381. The number of ether oxygens (including phenoxy) is 1. The summed E-state index contributed by atoms with van der Waals surface area (Å²) in [6, 6.07) is 13.0. The molecule has 4 heterocycles. The molecular formula is C24H22N4O3S3. The number of carbonyl (C=O) groups excluding carboxylic acids is 1. The second kappa shape index (κ2) is 9.81. The highest BCUT2D eigenvalue weighted by Crippen LogP contribution is 2.35. The summed E-state index contributed by atoms with van der Waals surface area (Å²) in [5.41, 5.74) is 1.75. The van der Waals surface area contributed by atoms with E-state index < -0.39 is 0 Å². The van der Waals surface area contributed by atoms with E-state index in [1.54, 1.807) is 30.3 Å². The highest BCUT2D eigenvalue weighted by Gasteiger charge is 2.33. The van der Waals surface area contributed by atoms with Gasteiger partial charge in [-0.15, -0.1) is 0 Å². The van der Waals surface area contributed by atoms with E-state index >= 15 is 0 Å². The van der Waals surface area contributed by atoms with Crippen molar-refractivity contribution in [2.45, 2.75) is 6.54 Å². The molecule has 0 radical (unpaired) electrons. The van der Waals surface area contributed by atoms with E-state index in [1.165, 1.54) is 16.2 Å². The second-order valence-electron chi connectivity index (χ2n) is 7.80. The second-order valence-corrected chi connectivity index (χ2v) is 10.7. The van der Waals surface area contributed by atoms with Gasteiger partial charge in [0, 0.05) is 30.8 Å². The lowest BCUT2D eigenvalue weighted by atomic mass is 10.2. The minimum absolute atomic E-state index is 0.195. The van der Waals surface area contributed by atoms with Gasteiger partial charge in [-0.05, 0) is 35.9 Å². The lowest BCUT2D eigenvalue weighted by Crippen LogP contribution is -2.35. The van der Waals surface area contributed by atoms with Gasteiger partial charge < -0.3 is 9.64 Å². The number of nitrogens with zero attached hydrogens (tertiary/aromatic N) is 4. The highest BCUT2D eigenvalue weighted by molar-refractivity contribution is 8.26. The maximum Gasteiger partial charge on any atom is 0.267 e. The molecule has 10 heteroatoms. The molecule has 1 amide bonds. The van der Waals surface area contributed by atoms with Crippen LogP contribution in [0.1, 0.15) is 11.1 Å². The van der Waals surface area contributed by atoms with Crippen LogP contribution in [-0.4, -0.2) is 56.2 Å². The maximum absolute atomic E-state index is 13.5. The van der Waals surface area contributed by atoms with E-state index in [0.29, 0.717) is 32.8 Å². The van der Waals surface area contributed by atoms with Crippen LogP contribution in [-0.2, 0) is 11.3 Å². The van der Waals surface area contributed by atoms with Crippen LogP contribution in [0.3, 0.4) is 0 Å². The molecule has 1 aromatic carbocycles.